The first-order valence-electron chi connectivity index (χ1n) is 5.65. The number of carbonyl (C=O) groups excluding carboxylic acids is 1. The van der Waals surface area contributed by atoms with E-state index in [1.54, 1.807) is 20.1 Å². The third-order valence-electron chi connectivity index (χ3n) is 2.64. The number of methoxy groups -OCH3 is 1. The number of rotatable bonds is 6. The van der Waals surface area contributed by atoms with Crippen LogP contribution in [0.2, 0.25) is 0 Å². The molecule has 0 aliphatic rings. The van der Waals surface area contributed by atoms with Crippen LogP contribution in [0.1, 0.15) is 22.8 Å². The fourth-order valence-corrected chi connectivity index (χ4v) is 1.71. The van der Waals surface area contributed by atoms with E-state index in [2.05, 4.69) is 4.90 Å². The predicted octanol–water partition coefficient (Wildman–Crippen LogP) is 1.29. The molecule has 0 amide bonds. The highest BCUT2D eigenvalue weighted by Gasteiger charge is 2.09. The Hall–Kier alpha value is -1.39. The van der Waals surface area contributed by atoms with Gasteiger partial charge in [0, 0.05) is 30.8 Å². The summed E-state index contributed by atoms with van der Waals surface area (Å²) in [5, 5.41) is 0. The molecule has 4 heteroatoms. The van der Waals surface area contributed by atoms with Crippen LogP contribution < -0.4 is 10.5 Å². The topological polar surface area (TPSA) is 55.6 Å². The fourth-order valence-electron chi connectivity index (χ4n) is 1.71. The second-order valence-corrected chi connectivity index (χ2v) is 4.11. The molecule has 0 aliphatic carbocycles. The molecule has 1 rings (SSSR count). The van der Waals surface area contributed by atoms with Crippen LogP contribution in [-0.2, 0) is 6.54 Å². The van der Waals surface area contributed by atoms with Crippen LogP contribution in [0.5, 0.6) is 5.75 Å². The SMILES string of the molecule is COc1ccc(C(C)=O)cc1CN(C)CCN. The summed E-state index contributed by atoms with van der Waals surface area (Å²) in [6, 6.07) is 5.50. The Bertz CT molecular complexity index is 391. The number of hydrogen-bond donors (Lipinski definition) is 1. The number of ether oxygens (including phenoxy) is 1. The second kappa shape index (κ2) is 6.37. The zero-order valence-corrected chi connectivity index (χ0v) is 10.7. The fraction of sp³-hybridized carbons (Fsp3) is 0.462. The van der Waals surface area contributed by atoms with Crippen LogP contribution in [0.4, 0.5) is 0 Å². The minimum atomic E-state index is 0.0652. The van der Waals surface area contributed by atoms with Gasteiger partial charge in [-0.25, -0.2) is 0 Å². The molecule has 0 fully saturated rings. The Morgan fingerprint density at radius 3 is 2.71 bits per heavy atom. The summed E-state index contributed by atoms with van der Waals surface area (Å²) < 4.78 is 5.29. The van der Waals surface area contributed by atoms with Crippen molar-refractivity contribution in [3.05, 3.63) is 29.3 Å². The molecular weight excluding hydrogens is 216 g/mol. The van der Waals surface area contributed by atoms with Gasteiger partial charge in [0.05, 0.1) is 7.11 Å². The quantitative estimate of drug-likeness (QED) is 0.756. The molecule has 0 saturated carbocycles. The number of carbonyl (C=O) groups is 1. The van der Waals surface area contributed by atoms with Crippen molar-refractivity contribution >= 4 is 5.78 Å². The molecule has 2 N–H and O–H groups in total. The molecule has 0 bridgehead atoms. The molecule has 0 unspecified atom stereocenters. The summed E-state index contributed by atoms with van der Waals surface area (Å²) >= 11 is 0. The van der Waals surface area contributed by atoms with E-state index in [1.807, 2.05) is 19.2 Å². The van der Waals surface area contributed by atoms with Gasteiger partial charge in [0.1, 0.15) is 5.75 Å². The van der Waals surface area contributed by atoms with Crippen molar-refractivity contribution in [3.8, 4) is 5.75 Å². The summed E-state index contributed by atoms with van der Waals surface area (Å²) in [6.45, 7) is 3.72. The maximum Gasteiger partial charge on any atom is 0.159 e. The van der Waals surface area contributed by atoms with Gasteiger partial charge in [-0.1, -0.05) is 0 Å². The standard InChI is InChI=1S/C13H20N2O2/c1-10(16)11-4-5-13(17-3)12(8-11)9-15(2)7-6-14/h4-5,8H,6-7,9,14H2,1-3H3. The summed E-state index contributed by atoms with van der Waals surface area (Å²) in [7, 11) is 3.63. The van der Waals surface area contributed by atoms with Gasteiger partial charge in [-0.2, -0.15) is 0 Å². The van der Waals surface area contributed by atoms with Gasteiger partial charge >= 0.3 is 0 Å². The lowest BCUT2D eigenvalue weighted by molar-refractivity contribution is 0.101. The molecule has 17 heavy (non-hydrogen) atoms. The lowest BCUT2D eigenvalue weighted by atomic mass is 10.1. The van der Waals surface area contributed by atoms with Crippen molar-refractivity contribution in [1.82, 2.24) is 4.90 Å². The van der Waals surface area contributed by atoms with Crippen molar-refractivity contribution in [1.29, 1.82) is 0 Å². The summed E-state index contributed by atoms with van der Waals surface area (Å²) in [6.07, 6.45) is 0. The Morgan fingerprint density at radius 2 is 2.18 bits per heavy atom. The van der Waals surface area contributed by atoms with Gasteiger partial charge < -0.3 is 15.4 Å². The van der Waals surface area contributed by atoms with Crippen molar-refractivity contribution in [2.75, 3.05) is 27.2 Å². The molecular formula is C13H20N2O2. The van der Waals surface area contributed by atoms with E-state index < -0.39 is 0 Å². The number of ketones is 1. The number of nitrogens with zero attached hydrogens (tertiary/aromatic N) is 1. The Labute approximate surface area is 102 Å². The highest BCUT2D eigenvalue weighted by molar-refractivity contribution is 5.94. The van der Waals surface area contributed by atoms with Crippen LogP contribution in [-0.4, -0.2) is 37.9 Å². The van der Waals surface area contributed by atoms with E-state index in [0.717, 1.165) is 24.4 Å². The molecule has 0 aliphatic heterocycles. The monoisotopic (exact) mass is 236 g/mol. The van der Waals surface area contributed by atoms with E-state index in [-0.39, 0.29) is 5.78 Å². The predicted molar refractivity (Wildman–Crippen MR) is 68.4 cm³/mol. The number of likely N-dealkylation sites (N-methyl/N-ethyl adjacent to an activating group) is 1. The van der Waals surface area contributed by atoms with Crippen molar-refractivity contribution < 1.29 is 9.53 Å². The lowest BCUT2D eigenvalue weighted by Gasteiger charge is -2.18. The molecule has 1 aromatic rings. The van der Waals surface area contributed by atoms with Gasteiger partial charge in [-0.05, 0) is 32.2 Å². The average molecular weight is 236 g/mol. The molecule has 0 heterocycles. The van der Waals surface area contributed by atoms with E-state index in [4.69, 9.17) is 10.5 Å². The summed E-state index contributed by atoms with van der Waals surface area (Å²) in [4.78, 5) is 13.4. The zero-order chi connectivity index (χ0) is 12.8. The van der Waals surface area contributed by atoms with Gasteiger partial charge in [0.15, 0.2) is 5.78 Å². The number of Topliss-reactive ketones (excluding diaryl/α,β-unsaturated/α-hetero) is 1. The Kier molecular flexibility index (Phi) is 5.12. The third-order valence-corrected chi connectivity index (χ3v) is 2.64. The maximum absolute atomic E-state index is 11.3. The average Bonchev–Trinajstić information content (AvgIpc) is 2.29. The van der Waals surface area contributed by atoms with E-state index in [0.29, 0.717) is 12.1 Å². The first kappa shape index (κ1) is 13.7. The van der Waals surface area contributed by atoms with Crippen molar-refractivity contribution in [2.24, 2.45) is 5.73 Å². The second-order valence-electron chi connectivity index (χ2n) is 4.11. The van der Waals surface area contributed by atoms with Crippen LogP contribution in [0.25, 0.3) is 0 Å². The minimum Gasteiger partial charge on any atom is -0.496 e. The largest absolute Gasteiger partial charge is 0.496 e. The first-order valence-corrected chi connectivity index (χ1v) is 5.65. The van der Waals surface area contributed by atoms with Crippen LogP contribution >= 0.6 is 0 Å². The molecule has 4 nitrogen and oxygen atoms in total. The summed E-state index contributed by atoms with van der Waals surface area (Å²) in [5.74, 6) is 0.870. The van der Waals surface area contributed by atoms with Gasteiger partial charge in [0.2, 0.25) is 0 Å². The van der Waals surface area contributed by atoms with E-state index >= 15 is 0 Å². The van der Waals surface area contributed by atoms with Crippen LogP contribution in [0.3, 0.4) is 0 Å². The van der Waals surface area contributed by atoms with Crippen molar-refractivity contribution in [3.63, 3.8) is 0 Å². The number of benzene rings is 1. The molecule has 0 spiro atoms. The zero-order valence-electron chi connectivity index (χ0n) is 10.7. The highest BCUT2D eigenvalue weighted by atomic mass is 16.5. The van der Waals surface area contributed by atoms with E-state index in [9.17, 15) is 4.79 Å². The van der Waals surface area contributed by atoms with Gasteiger partial charge in [-0.3, -0.25) is 4.79 Å². The summed E-state index contributed by atoms with van der Waals surface area (Å²) in [5.41, 5.74) is 7.23. The first-order chi connectivity index (χ1) is 8.08. The Morgan fingerprint density at radius 1 is 1.47 bits per heavy atom. The number of nitrogens with two attached hydrogens (primary N) is 1. The van der Waals surface area contributed by atoms with Crippen LogP contribution in [0.15, 0.2) is 18.2 Å². The third kappa shape index (κ3) is 3.84. The molecule has 0 saturated heterocycles. The normalized spacial score (nSPS) is 10.6. The van der Waals surface area contributed by atoms with Crippen LogP contribution in [0, 0.1) is 0 Å². The van der Waals surface area contributed by atoms with Crippen molar-refractivity contribution in [2.45, 2.75) is 13.5 Å². The van der Waals surface area contributed by atoms with E-state index in [1.165, 1.54) is 0 Å². The molecule has 0 radical (unpaired) electrons. The van der Waals surface area contributed by atoms with Gasteiger partial charge in [-0.15, -0.1) is 0 Å². The minimum absolute atomic E-state index is 0.0652. The molecule has 0 aromatic heterocycles. The molecule has 94 valence electrons. The smallest absolute Gasteiger partial charge is 0.159 e. The highest BCUT2D eigenvalue weighted by Crippen LogP contribution is 2.21. The number of hydrogen-bond acceptors (Lipinski definition) is 4. The maximum atomic E-state index is 11.3. The Balaban J connectivity index is 2.93. The molecule has 1 aromatic carbocycles. The lowest BCUT2D eigenvalue weighted by Crippen LogP contribution is -2.25. The molecule has 0 atom stereocenters. The van der Waals surface area contributed by atoms with Gasteiger partial charge in [0.25, 0.3) is 0 Å².